The molecule has 0 aromatic heterocycles. The van der Waals surface area contributed by atoms with Gasteiger partial charge in [-0.25, -0.2) is 0 Å². The lowest BCUT2D eigenvalue weighted by atomic mass is 10.1. The van der Waals surface area contributed by atoms with Crippen molar-refractivity contribution >= 4 is 29.1 Å². The van der Waals surface area contributed by atoms with Crippen LogP contribution in [0.4, 0.5) is 5.69 Å². The Hall–Kier alpha value is -1.55. The molecule has 4 nitrogen and oxygen atoms in total. The predicted octanol–water partition coefficient (Wildman–Crippen LogP) is 2.35. The third-order valence-electron chi connectivity index (χ3n) is 3.69. The summed E-state index contributed by atoms with van der Waals surface area (Å²) in [6, 6.07) is 5.20. The van der Waals surface area contributed by atoms with Crippen LogP contribution in [0.25, 0.3) is 0 Å². The van der Waals surface area contributed by atoms with E-state index in [-0.39, 0.29) is 24.3 Å². The summed E-state index contributed by atoms with van der Waals surface area (Å²) in [5.74, 6) is -0.170. The number of benzene rings is 1. The molecule has 2 fully saturated rings. The van der Waals surface area contributed by atoms with E-state index in [1.54, 1.807) is 6.07 Å². The van der Waals surface area contributed by atoms with Gasteiger partial charge in [-0.05, 0) is 37.5 Å². The molecular weight excluding hydrogens is 264 g/mol. The standard InChI is InChI=1S/C14H15ClN2O2/c1-8-10(15)3-2-4-11(8)16-12-7-13(18)17(14(12)19)9-5-6-9/h2-4,9,12,16H,5-7H2,1H3. The van der Waals surface area contributed by atoms with E-state index < -0.39 is 6.04 Å². The van der Waals surface area contributed by atoms with Crippen LogP contribution in [-0.4, -0.2) is 28.8 Å². The van der Waals surface area contributed by atoms with Crippen LogP contribution < -0.4 is 5.32 Å². The number of carbonyl (C=O) groups is 2. The zero-order valence-corrected chi connectivity index (χ0v) is 11.4. The Labute approximate surface area is 116 Å². The van der Waals surface area contributed by atoms with E-state index >= 15 is 0 Å². The molecule has 0 radical (unpaired) electrons. The summed E-state index contributed by atoms with van der Waals surface area (Å²) in [6.45, 7) is 1.89. The molecule has 1 saturated carbocycles. The summed E-state index contributed by atoms with van der Waals surface area (Å²) in [5, 5.41) is 3.80. The largest absolute Gasteiger partial charge is 0.373 e. The third-order valence-corrected chi connectivity index (χ3v) is 4.10. The normalized spacial score (nSPS) is 23.1. The van der Waals surface area contributed by atoms with Crippen LogP contribution >= 0.6 is 11.6 Å². The maximum atomic E-state index is 12.2. The summed E-state index contributed by atoms with van der Waals surface area (Å²) in [7, 11) is 0. The smallest absolute Gasteiger partial charge is 0.252 e. The zero-order chi connectivity index (χ0) is 13.6. The first-order valence-electron chi connectivity index (χ1n) is 6.45. The molecule has 2 aliphatic rings. The van der Waals surface area contributed by atoms with Gasteiger partial charge in [0, 0.05) is 16.8 Å². The highest BCUT2D eigenvalue weighted by molar-refractivity contribution is 6.31. The summed E-state index contributed by atoms with van der Waals surface area (Å²) in [4.78, 5) is 25.5. The fraction of sp³-hybridized carbons (Fsp3) is 0.429. The average Bonchev–Trinajstić information content (AvgIpc) is 3.14. The van der Waals surface area contributed by atoms with Gasteiger partial charge in [0.25, 0.3) is 5.91 Å². The molecule has 1 heterocycles. The molecule has 0 bridgehead atoms. The number of likely N-dealkylation sites (tertiary alicyclic amines) is 1. The van der Waals surface area contributed by atoms with Crippen molar-refractivity contribution in [3.8, 4) is 0 Å². The number of nitrogens with zero attached hydrogens (tertiary/aromatic N) is 1. The molecule has 1 atom stereocenters. The van der Waals surface area contributed by atoms with Gasteiger partial charge in [-0.1, -0.05) is 17.7 Å². The first-order valence-corrected chi connectivity index (χ1v) is 6.83. The van der Waals surface area contributed by atoms with E-state index in [4.69, 9.17) is 11.6 Å². The van der Waals surface area contributed by atoms with Crippen molar-refractivity contribution in [3.05, 3.63) is 28.8 Å². The molecule has 3 rings (SSSR count). The quantitative estimate of drug-likeness (QED) is 0.864. The second-order valence-electron chi connectivity index (χ2n) is 5.15. The Morgan fingerprint density at radius 3 is 2.74 bits per heavy atom. The van der Waals surface area contributed by atoms with Gasteiger partial charge in [-0.15, -0.1) is 0 Å². The molecule has 1 aliphatic heterocycles. The highest BCUT2D eigenvalue weighted by Gasteiger charge is 2.46. The molecule has 1 aromatic rings. The summed E-state index contributed by atoms with van der Waals surface area (Å²) in [5.41, 5.74) is 1.71. The van der Waals surface area contributed by atoms with E-state index in [0.717, 1.165) is 24.1 Å². The van der Waals surface area contributed by atoms with Crippen molar-refractivity contribution in [1.82, 2.24) is 4.90 Å². The average molecular weight is 279 g/mol. The van der Waals surface area contributed by atoms with Crippen molar-refractivity contribution < 1.29 is 9.59 Å². The molecule has 19 heavy (non-hydrogen) atoms. The lowest BCUT2D eigenvalue weighted by molar-refractivity contribution is -0.139. The molecule has 1 saturated heterocycles. The second kappa shape index (κ2) is 4.53. The third kappa shape index (κ3) is 2.21. The van der Waals surface area contributed by atoms with Crippen LogP contribution in [-0.2, 0) is 9.59 Å². The Balaban J connectivity index is 1.79. The number of rotatable bonds is 3. The maximum Gasteiger partial charge on any atom is 0.252 e. The fourth-order valence-electron chi connectivity index (χ4n) is 2.43. The van der Waals surface area contributed by atoms with E-state index in [0.29, 0.717) is 5.02 Å². The van der Waals surface area contributed by atoms with Gasteiger partial charge in [0.15, 0.2) is 0 Å². The monoisotopic (exact) mass is 278 g/mol. The highest BCUT2D eigenvalue weighted by Crippen LogP contribution is 2.33. The molecule has 1 aliphatic carbocycles. The lowest BCUT2D eigenvalue weighted by Crippen LogP contribution is -2.36. The number of hydrogen-bond donors (Lipinski definition) is 1. The van der Waals surface area contributed by atoms with E-state index in [2.05, 4.69) is 5.32 Å². The van der Waals surface area contributed by atoms with Crippen molar-refractivity contribution in [2.24, 2.45) is 0 Å². The van der Waals surface area contributed by atoms with Crippen molar-refractivity contribution in [3.63, 3.8) is 0 Å². The minimum Gasteiger partial charge on any atom is -0.373 e. The van der Waals surface area contributed by atoms with E-state index in [9.17, 15) is 9.59 Å². The molecule has 100 valence electrons. The number of imide groups is 1. The van der Waals surface area contributed by atoms with Crippen molar-refractivity contribution in [2.45, 2.75) is 38.3 Å². The number of carbonyl (C=O) groups excluding carboxylic acids is 2. The number of halogens is 1. The summed E-state index contributed by atoms with van der Waals surface area (Å²) >= 11 is 6.05. The number of nitrogens with one attached hydrogen (secondary N) is 1. The number of anilines is 1. The van der Waals surface area contributed by atoms with Crippen LogP contribution in [0.5, 0.6) is 0 Å². The van der Waals surface area contributed by atoms with Gasteiger partial charge in [0.1, 0.15) is 6.04 Å². The Bertz CT molecular complexity index is 554. The number of hydrogen-bond acceptors (Lipinski definition) is 3. The zero-order valence-electron chi connectivity index (χ0n) is 10.6. The Morgan fingerprint density at radius 1 is 1.32 bits per heavy atom. The van der Waals surface area contributed by atoms with Gasteiger partial charge in [0.2, 0.25) is 5.91 Å². The predicted molar refractivity (Wildman–Crippen MR) is 73.1 cm³/mol. The van der Waals surface area contributed by atoms with Crippen molar-refractivity contribution in [2.75, 3.05) is 5.32 Å². The molecular formula is C14H15ClN2O2. The Morgan fingerprint density at radius 2 is 2.05 bits per heavy atom. The minimum atomic E-state index is -0.453. The molecule has 0 spiro atoms. The van der Waals surface area contributed by atoms with Gasteiger partial charge in [-0.2, -0.15) is 0 Å². The molecule has 1 aromatic carbocycles. The maximum absolute atomic E-state index is 12.2. The van der Waals surface area contributed by atoms with Crippen LogP contribution in [0.2, 0.25) is 5.02 Å². The van der Waals surface area contributed by atoms with Gasteiger partial charge in [-0.3, -0.25) is 14.5 Å². The molecule has 5 heteroatoms. The van der Waals surface area contributed by atoms with E-state index in [1.807, 2.05) is 19.1 Å². The van der Waals surface area contributed by atoms with Crippen LogP contribution in [0.1, 0.15) is 24.8 Å². The van der Waals surface area contributed by atoms with Crippen molar-refractivity contribution in [1.29, 1.82) is 0 Å². The lowest BCUT2D eigenvalue weighted by Gasteiger charge is -2.16. The topological polar surface area (TPSA) is 49.4 Å². The van der Waals surface area contributed by atoms with Gasteiger partial charge < -0.3 is 5.32 Å². The molecule has 1 unspecified atom stereocenters. The second-order valence-corrected chi connectivity index (χ2v) is 5.55. The van der Waals surface area contributed by atoms with Crippen LogP contribution in [0, 0.1) is 6.92 Å². The van der Waals surface area contributed by atoms with Gasteiger partial charge in [0.05, 0.1) is 6.42 Å². The first kappa shape index (κ1) is 12.5. The molecule has 2 amide bonds. The van der Waals surface area contributed by atoms with Gasteiger partial charge >= 0.3 is 0 Å². The molecule has 1 N–H and O–H groups in total. The van der Waals surface area contributed by atoms with Crippen LogP contribution in [0.3, 0.4) is 0 Å². The SMILES string of the molecule is Cc1c(Cl)cccc1NC1CC(=O)N(C2CC2)C1=O. The first-order chi connectivity index (χ1) is 9.08. The summed E-state index contributed by atoms with van der Waals surface area (Å²) in [6.07, 6.45) is 2.13. The fourth-order valence-corrected chi connectivity index (χ4v) is 2.61. The summed E-state index contributed by atoms with van der Waals surface area (Å²) < 4.78 is 0. The number of amides is 2. The van der Waals surface area contributed by atoms with E-state index in [1.165, 1.54) is 4.90 Å². The minimum absolute atomic E-state index is 0.0651. The Kier molecular flexibility index (Phi) is 2.97. The van der Waals surface area contributed by atoms with Crippen LogP contribution in [0.15, 0.2) is 18.2 Å². The highest BCUT2D eigenvalue weighted by atomic mass is 35.5.